The fraction of sp³-hybridized carbons (Fsp3) is 0.238. The molecule has 0 bridgehead atoms. The molecular formula is C21H20BrN3O3S2. The number of carbonyl (C=O) groups excluding carboxylic acids is 1. The van der Waals surface area contributed by atoms with E-state index in [9.17, 15) is 13.2 Å². The number of nitrogens with one attached hydrogen (secondary N) is 1. The number of carbonyl (C=O) groups is 1. The van der Waals surface area contributed by atoms with Crippen molar-refractivity contribution in [1.29, 1.82) is 0 Å². The van der Waals surface area contributed by atoms with Gasteiger partial charge < -0.3 is 0 Å². The van der Waals surface area contributed by atoms with Crippen molar-refractivity contribution in [1.82, 2.24) is 9.29 Å². The molecule has 1 amide bonds. The molecule has 9 heteroatoms. The van der Waals surface area contributed by atoms with Crippen LogP contribution in [0.3, 0.4) is 0 Å². The third-order valence-corrected chi connectivity index (χ3v) is 8.13. The fourth-order valence-corrected chi connectivity index (χ4v) is 5.78. The van der Waals surface area contributed by atoms with Crippen molar-refractivity contribution < 1.29 is 13.2 Å². The first kappa shape index (κ1) is 21.2. The average molecular weight is 506 g/mol. The van der Waals surface area contributed by atoms with Crippen LogP contribution in [0.1, 0.15) is 29.6 Å². The van der Waals surface area contributed by atoms with Crippen LogP contribution in [-0.2, 0) is 10.0 Å². The number of nitrogens with zero attached hydrogens (tertiary/aromatic N) is 2. The predicted octanol–water partition coefficient (Wildman–Crippen LogP) is 5.00. The van der Waals surface area contributed by atoms with Crippen LogP contribution in [0.25, 0.3) is 11.3 Å². The number of amides is 1. The second kappa shape index (κ2) is 8.97. The second-order valence-corrected chi connectivity index (χ2v) is 10.7. The number of sulfonamides is 1. The highest BCUT2D eigenvalue weighted by Gasteiger charge is 2.26. The van der Waals surface area contributed by atoms with E-state index in [0.29, 0.717) is 23.8 Å². The van der Waals surface area contributed by atoms with Crippen molar-refractivity contribution in [2.45, 2.75) is 24.2 Å². The molecule has 4 rings (SSSR count). The molecule has 0 radical (unpaired) electrons. The maximum Gasteiger partial charge on any atom is 0.257 e. The average Bonchev–Trinajstić information content (AvgIpc) is 3.23. The van der Waals surface area contributed by atoms with Crippen LogP contribution in [0, 0.1) is 0 Å². The van der Waals surface area contributed by atoms with Gasteiger partial charge in [0, 0.05) is 34.1 Å². The topological polar surface area (TPSA) is 79.4 Å². The number of hydrogen-bond acceptors (Lipinski definition) is 5. The van der Waals surface area contributed by atoms with Gasteiger partial charge in [-0.1, -0.05) is 34.5 Å². The summed E-state index contributed by atoms with van der Waals surface area (Å²) in [6, 6.07) is 13.8. The lowest BCUT2D eigenvalue weighted by Gasteiger charge is -2.25. The number of anilines is 1. The van der Waals surface area contributed by atoms with Gasteiger partial charge in [-0.25, -0.2) is 13.4 Å². The molecule has 1 N–H and O–H groups in total. The minimum Gasteiger partial charge on any atom is -0.298 e. The largest absolute Gasteiger partial charge is 0.298 e. The number of halogens is 1. The number of aromatic nitrogens is 1. The van der Waals surface area contributed by atoms with Crippen molar-refractivity contribution in [3.05, 3.63) is 63.9 Å². The SMILES string of the molecule is O=C(Nc1nc(-c2ccc(Br)cc2)cs1)c1ccc(S(=O)(=O)N2CCCCC2)cc1. The normalized spacial score (nSPS) is 15.1. The van der Waals surface area contributed by atoms with Gasteiger partial charge in [-0.05, 0) is 49.2 Å². The third-order valence-electron chi connectivity index (χ3n) is 4.93. The molecule has 1 saturated heterocycles. The molecular weight excluding hydrogens is 486 g/mol. The monoisotopic (exact) mass is 505 g/mol. The van der Waals surface area contributed by atoms with Crippen LogP contribution in [0.4, 0.5) is 5.13 Å². The number of thiazole rings is 1. The van der Waals surface area contributed by atoms with E-state index in [2.05, 4.69) is 26.2 Å². The highest BCUT2D eigenvalue weighted by Crippen LogP contribution is 2.27. The molecule has 1 aliphatic rings. The molecule has 0 spiro atoms. The van der Waals surface area contributed by atoms with E-state index in [4.69, 9.17) is 0 Å². The van der Waals surface area contributed by atoms with E-state index in [1.54, 1.807) is 0 Å². The highest BCUT2D eigenvalue weighted by atomic mass is 79.9. The van der Waals surface area contributed by atoms with Crippen LogP contribution in [-0.4, -0.2) is 36.7 Å². The van der Waals surface area contributed by atoms with Gasteiger partial charge in [0.25, 0.3) is 5.91 Å². The minimum atomic E-state index is -3.51. The lowest BCUT2D eigenvalue weighted by molar-refractivity contribution is 0.102. The van der Waals surface area contributed by atoms with Crippen molar-refractivity contribution in [2.24, 2.45) is 0 Å². The number of benzene rings is 2. The van der Waals surface area contributed by atoms with Gasteiger partial charge in [-0.3, -0.25) is 10.1 Å². The van der Waals surface area contributed by atoms with Crippen molar-refractivity contribution in [2.75, 3.05) is 18.4 Å². The number of rotatable bonds is 5. The summed E-state index contributed by atoms with van der Waals surface area (Å²) < 4.78 is 28.0. The highest BCUT2D eigenvalue weighted by molar-refractivity contribution is 9.10. The van der Waals surface area contributed by atoms with Crippen LogP contribution < -0.4 is 5.32 Å². The molecule has 1 aliphatic heterocycles. The summed E-state index contributed by atoms with van der Waals surface area (Å²) in [4.78, 5) is 17.2. The quantitative estimate of drug-likeness (QED) is 0.528. The first-order valence-corrected chi connectivity index (χ1v) is 12.7. The summed E-state index contributed by atoms with van der Waals surface area (Å²) >= 11 is 4.75. The molecule has 2 aromatic carbocycles. The summed E-state index contributed by atoms with van der Waals surface area (Å²) in [6.45, 7) is 1.10. The maximum absolute atomic E-state index is 12.7. The van der Waals surface area contributed by atoms with Crippen LogP contribution in [0.15, 0.2) is 63.3 Å². The van der Waals surface area contributed by atoms with Crippen LogP contribution in [0.2, 0.25) is 0 Å². The smallest absolute Gasteiger partial charge is 0.257 e. The Morgan fingerprint density at radius 3 is 2.33 bits per heavy atom. The van der Waals surface area contributed by atoms with E-state index in [1.807, 2.05) is 29.6 Å². The Balaban J connectivity index is 1.45. The van der Waals surface area contributed by atoms with E-state index >= 15 is 0 Å². The number of piperidine rings is 1. The van der Waals surface area contributed by atoms with Crippen molar-refractivity contribution >= 4 is 48.3 Å². The summed E-state index contributed by atoms with van der Waals surface area (Å²) in [5.41, 5.74) is 2.13. The standard InChI is InChI=1S/C21H20BrN3O3S2/c22-17-8-4-15(5-9-17)19-14-29-21(23-19)24-20(26)16-6-10-18(11-7-16)30(27,28)25-12-2-1-3-13-25/h4-11,14H,1-3,12-13H2,(H,23,24,26). The third kappa shape index (κ3) is 4.64. The zero-order valence-corrected chi connectivity index (χ0v) is 19.3. The Labute approximate surface area is 188 Å². The first-order valence-electron chi connectivity index (χ1n) is 9.56. The molecule has 1 aromatic heterocycles. The lowest BCUT2D eigenvalue weighted by Crippen LogP contribution is -2.35. The fourth-order valence-electron chi connectivity index (χ4n) is 3.29. The summed E-state index contributed by atoms with van der Waals surface area (Å²) in [6.07, 6.45) is 2.83. The summed E-state index contributed by atoms with van der Waals surface area (Å²) in [5, 5.41) is 5.15. The van der Waals surface area contributed by atoms with Gasteiger partial charge >= 0.3 is 0 Å². The molecule has 0 saturated carbocycles. The molecule has 0 atom stereocenters. The van der Waals surface area contributed by atoms with Gasteiger partial charge in [-0.2, -0.15) is 4.31 Å². The number of hydrogen-bond donors (Lipinski definition) is 1. The van der Waals surface area contributed by atoms with Gasteiger partial charge in [0.1, 0.15) is 0 Å². The summed E-state index contributed by atoms with van der Waals surface area (Å²) in [7, 11) is -3.51. The Hall–Kier alpha value is -2.07. The Kier molecular flexibility index (Phi) is 6.33. The zero-order valence-electron chi connectivity index (χ0n) is 16.0. The van der Waals surface area contributed by atoms with E-state index < -0.39 is 10.0 Å². The molecule has 0 aliphatic carbocycles. The minimum absolute atomic E-state index is 0.215. The molecule has 0 unspecified atom stereocenters. The Morgan fingerprint density at radius 1 is 1.00 bits per heavy atom. The van der Waals surface area contributed by atoms with Gasteiger partial charge in [0.05, 0.1) is 10.6 Å². The second-order valence-electron chi connectivity index (χ2n) is 6.99. The van der Waals surface area contributed by atoms with Gasteiger partial charge in [0.15, 0.2) is 5.13 Å². The zero-order chi connectivity index (χ0) is 21.1. The van der Waals surface area contributed by atoms with Crippen LogP contribution in [0.5, 0.6) is 0 Å². The molecule has 3 aromatic rings. The van der Waals surface area contributed by atoms with Gasteiger partial charge in [-0.15, -0.1) is 11.3 Å². The summed E-state index contributed by atoms with van der Waals surface area (Å²) in [5.74, 6) is -0.325. The predicted molar refractivity (Wildman–Crippen MR) is 122 cm³/mol. The van der Waals surface area contributed by atoms with Crippen molar-refractivity contribution in [3.63, 3.8) is 0 Å². The molecule has 30 heavy (non-hydrogen) atoms. The Morgan fingerprint density at radius 2 is 1.67 bits per heavy atom. The van der Waals surface area contributed by atoms with Crippen LogP contribution >= 0.6 is 27.3 Å². The molecule has 156 valence electrons. The molecule has 2 heterocycles. The van der Waals surface area contributed by atoms with E-state index in [1.165, 1.54) is 39.9 Å². The molecule has 1 fully saturated rings. The van der Waals surface area contributed by atoms with Gasteiger partial charge in [0.2, 0.25) is 10.0 Å². The van der Waals surface area contributed by atoms with E-state index in [-0.39, 0.29) is 10.8 Å². The first-order chi connectivity index (χ1) is 14.4. The Bertz CT molecular complexity index is 1140. The maximum atomic E-state index is 12.7. The lowest BCUT2D eigenvalue weighted by atomic mass is 10.2. The molecule has 6 nitrogen and oxygen atoms in total. The van der Waals surface area contributed by atoms with E-state index in [0.717, 1.165) is 35.0 Å². The van der Waals surface area contributed by atoms with Crippen molar-refractivity contribution in [3.8, 4) is 11.3 Å².